The summed E-state index contributed by atoms with van der Waals surface area (Å²) in [6, 6.07) is 4.81. The molecule has 6 heteroatoms. The highest BCUT2D eigenvalue weighted by Crippen LogP contribution is 2.31. The molecule has 0 fully saturated rings. The van der Waals surface area contributed by atoms with Crippen LogP contribution in [-0.4, -0.2) is 5.91 Å². The topological polar surface area (TPSA) is 29.1 Å². The summed E-state index contributed by atoms with van der Waals surface area (Å²) in [5.41, 5.74) is 0.145. The van der Waals surface area contributed by atoms with Gasteiger partial charge in [0, 0.05) is 18.2 Å². The number of rotatable bonds is 2. The summed E-state index contributed by atoms with van der Waals surface area (Å²) < 4.78 is 52.6. The first-order valence-corrected chi connectivity index (χ1v) is 5.60. The molecule has 0 unspecified atom stereocenters. The van der Waals surface area contributed by atoms with E-state index in [4.69, 9.17) is 0 Å². The van der Waals surface area contributed by atoms with E-state index in [2.05, 4.69) is 5.32 Å². The van der Waals surface area contributed by atoms with Gasteiger partial charge in [-0.1, -0.05) is 0 Å². The normalized spacial score (nSPS) is 10.4. The highest BCUT2D eigenvalue weighted by molar-refractivity contribution is 5.94. The van der Waals surface area contributed by atoms with E-state index < -0.39 is 29.2 Å². The quantitative estimate of drug-likeness (QED) is 0.658. The molecule has 2 rings (SSSR count). The van der Waals surface area contributed by atoms with Gasteiger partial charge in [-0.15, -0.1) is 0 Å². The highest BCUT2D eigenvalue weighted by Gasteiger charge is 2.15. The molecule has 0 atom stereocenters. The summed E-state index contributed by atoms with van der Waals surface area (Å²) in [6.45, 7) is 1.24. The number of nitrogens with one attached hydrogen (secondary N) is 1. The zero-order chi connectivity index (χ0) is 14.9. The predicted octanol–water partition coefficient (Wildman–Crippen LogP) is 3.87. The number of carbonyl (C=O) groups excluding carboxylic acids is 1. The fraction of sp³-hybridized carbons (Fsp3) is 0.0714. The van der Waals surface area contributed by atoms with Gasteiger partial charge >= 0.3 is 0 Å². The molecule has 2 aromatic carbocycles. The molecule has 0 aliphatic heterocycles. The molecule has 0 aliphatic rings. The van der Waals surface area contributed by atoms with Gasteiger partial charge in [0.1, 0.15) is 5.82 Å². The van der Waals surface area contributed by atoms with Crippen LogP contribution in [0.4, 0.5) is 23.2 Å². The van der Waals surface area contributed by atoms with Gasteiger partial charge in [0.05, 0.1) is 0 Å². The molecule has 1 amide bonds. The monoisotopic (exact) mass is 283 g/mol. The molecule has 0 heterocycles. The van der Waals surface area contributed by atoms with Crippen molar-refractivity contribution in [1.82, 2.24) is 0 Å². The van der Waals surface area contributed by atoms with Crippen LogP contribution in [0.15, 0.2) is 30.3 Å². The Morgan fingerprint density at radius 1 is 1.00 bits per heavy atom. The molecule has 0 aliphatic carbocycles. The zero-order valence-corrected chi connectivity index (χ0v) is 10.3. The van der Waals surface area contributed by atoms with Crippen LogP contribution >= 0.6 is 0 Å². The van der Waals surface area contributed by atoms with Crippen LogP contribution in [0.25, 0.3) is 11.1 Å². The SMILES string of the molecule is CC(=O)Nc1ccc(F)cc1-c1cc(F)c(F)c(F)c1. The molecule has 0 spiro atoms. The standard InChI is InChI=1S/C14H9F4NO/c1-7(20)19-13-3-2-9(15)6-10(13)8-4-11(16)14(18)12(17)5-8/h2-6H,1H3,(H,19,20). The van der Waals surface area contributed by atoms with E-state index in [1.807, 2.05) is 0 Å². The lowest BCUT2D eigenvalue weighted by Gasteiger charge is -2.11. The van der Waals surface area contributed by atoms with Crippen LogP contribution in [0.1, 0.15) is 6.92 Å². The van der Waals surface area contributed by atoms with Crippen molar-refractivity contribution in [2.45, 2.75) is 6.92 Å². The summed E-state index contributed by atoms with van der Waals surface area (Å²) in [5.74, 6) is -5.47. The average Bonchev–Trinajstić information content (AvgIpc) is 2.37. The van der Waals surface area contributed by atoms with Gasteiger partial charge in [-0.3, -0.25) is 4.79 Å². The van der Waals surface area contributed by atoms with Crippen LogP contribution < -0.4 is 5.32 Å². The van der Waals surface area contributed by atoms with Crippen molar-refractivity contribution < 1.29 is 22.4 Å². The van der Waals surface area contributed by atoms with Gasteiger partial charge in [-0.2, -0.15) is 0 Å². The Hall–Kier alpha value is -2.37. The van der Waals surface area contributed by atoms with Crippen molar-refractivity contribution in [2.24, 2.45) is 0 Å². The number of amides is 1. The minimum absolute atomic E-state index is 0.0537. The summed E-state index contributed by atoms with van der Waals surface area (Å²) >= 11 is 0. The predicted molar refractivity (Wildman–Crippen MR) is 66.0 cm³/mol. The third-order valence-corrected chi connectivity index (χ3v) is 2.59. The number of carbonyl (C=O) groups is 1. The van der Waals surface area contributed by atoms with Crippen molar-refractivity contribution in [3.8, 4) is 11.1 Å². The number of anilines is 1. The fourth-order valence-corrected chi connectivity index (χ4v) is 1.76. The second-order valence-electron chi connectivity index (χ2n) is 4.12. The largest absolute Gasteiger partial charge is 0.326 e. The third kappa shape index (κ3) is 2.79. The maximum absolute atomic E-state index is 13.3. The summed E-state index contributed by atoms with van der Waals surface area (Å²) in [7, 11) is 0. The fourth-order valence-electron chi connectivity index (χ4n) is 1.76. The molecule has 2 nitrogen and oxygen atoms in total. The van der Waals surface area contributed by atoms with Gasteiger partial charge in [0.25, 0.3) is 0 Å². The van der Waals surface area contributed by atoms with Crippen molar-refractivity contribution in [1.29, 1.82) is 0 Å². The summed E-state index contributed by atoms with van der Waals surface area (Å²) in [5, 5.41) is 2.41. The summed E-state index contributed by atoms with van der Waals surface area (Å²) in [4.78, 5) is 11.1. The van der Waals surface area contributed by atoms with Gasteiger partial charge in [-0.05, 0) is 35.9 Å². The van der Waals surface area contributed by atoms with E-state index in [9.17, 15) is 22.4 Å². The van der Waals surface area contributed by atoms with E-state index in [1.54, 1.807) is 0 Å². The van der Waals surface area contributed by atoms with Gasteiger partial charge < -0.3 is 5.32 Å². The molecular weight excluding hydrogens is 274 g/mol. The van der Waals surface area contributed by atoms with Crippen LogP contribution in [0, 0.1) is 23.3 Å². The molecule has 2 aromatic rings. The highest BCUT2D eigenvalue weighted by atomic mass is 19.2. The van der Waals surface area contributed by atoms with Crippen molar-refractivity contribution in [3.63, 3.8) is 0 Å². The Bertz CT molecular complexity index is 662. The van der Waals surface area contributed by atoms with E-state index in [0.717, 1.165) is 24.3 Å². The van der Waals surface area contributed by atoms with Crippen LogP contribution in [0.3, 0.4) is 0 Å². The second-order valence-corrected chi connectivity index (χ2v) is 4.12. The van der Waals surface area contributed by atoms with Gasteiger partial charge in [0.2, 0.25) is 5.91 Å². The van der Waals surface area contributed by atoms with Gasteiger partial charge in [-0.25, -0.2) is 17.6 Å². The van der Waals surface area contributed by atoms with Crippen LogP contribution in [0.2, 0.25) is 0 Å². The molecular formula is C14H9F4NO. The zero-order valence-electron chi connectivity index (χ0n) is 10.3. The van der Waals surface area contributed by atoms with Crippen LogP contribution in [-0.2, 0) is 4.79 Å². The first kappa shape index (κ1) is 14.0. The smallest absolute Gasteiger partial charge is 0.221 e. The molecule has 0 radical (unpaired) electrons. The molecule has 0 saturated heterocycles. The third-order valence-electron chi connectivity index (χ3n) is 2.59. The first-order valence-electron chi connectivity index (χ1n) is 5.60. The maximum atomic E-state index is 13.3. The molecule has 0 saturated carbocycles. The van der Waals surface area contributed by atoms with E-state index >= 15 is 0 Å². The average molecular weight is 283 g/mol. The number of hydrogen-bond acceptors (Lipinski definition) is 1. The number of benzene rings is 2. The minimum Gasteiger partial charge on any atom is -0.326 e. The molecule has 104 valence electrons. The molecule has 20 heavy (non-hydrogen) atoms. The van der Waals surface area contributed by atoms with Crippen molar-refractivity contribution in [2.75, 3.05) is 5.32 Å². The molecule has 1 N–H and O–H groups in total. The molecule has 0 bridgehead atoms. The lowest BCUT2D eigenvalue weighted by atomic mass is 10.0. The Balaban J connectivity index is 2.61. The van der Waals surface area contributed by atoms with Gasteiger partial charge in [0.15, 0.2) is 17.5 Å². The second kappa shape index (κ2) is 5.32. The van der Waals surface area contributed by atoms with E-state index in [-0.39, 0.29) is 16.8 Å². The lowest BCUT2D eigenvalue weighted by Crippen LogP contribution is -2.07. The minimum atomic E-state index is -1.61. The van der Waals surface area contributed by atoms with E-state index in [1.165, 1.54) is 13.0 Å². The maximum Gasteiger partial charge on any atom is 0.221 e. The Morgan fingerprint density at radius 2 is 1.60 bits per heavy atom. The Labute approximate surface area is 112 Å². The van der Waals surface area contributed by atoms with Crippen LogP contribution in [0.5, 0.6) is 0 Å². The molecule has 0 aromatic heterocycles. The Kier molecular flexibility index (Phi) is 3.74. The first-order chi connectivity index (χ1) is 9.38. The van der Waals surface area contributed by atoms with Crippen molar-refractivity contribution >= 4 is 11.6 Å². The van der Waals surface area contributed by atoms with Crippen molar-refractivity contribution in [3.05, 3.63) is 53.6 Å². The Morgan fingerprint density at radius 3 is 2.15 bits per heavy atom. The number of halogens is 4. The van der Waals surface area contributed by atoms with E-state index in [0.29, 0.717) is 0 Å². The number of hydrogen-bond donors (Lipinski definition) is 1. The summed E-state index contributed by atoms with van der Waals surface area (Å²) in [6.07, 6.45) is 0. The lowest BCUT2D eigenvalue weighted by molar-refractivity contribution is -0.114.